The number of urea groups is 1. The maximum absolute atomic E-state index is 12.4. The van der Waals surface area contributed by atoms with E-state index in [1.54, 1.807) is 42.5 Å². The molecule has 136 valence electrons. The number of benzene rings is 2. The Kier molecular flexibility index (Phi) is 5.32. The average Bonchev–Trinajstić information content (AvgIpc) is 2.67. The maximum Gasteiger partial charge on any atom is 0.319 e. The molecule has 0 aliphatic rings. The van der Waals surface area contributed by atoms with E-state index in [9.17, 15) is 14.4 Å². The Morgan fingerprint density at radius 2 is 1.67 bits per heavy atom. The number of rotatable bonds is 5. The minimum atomic E-state index is -0.508. The SMILES string of the molecule is C=CCNC(=O)Nc1ccc(NC(=O)c2cc3ccccc3[nH]c2=O)cc1. The summed E-state index contributed by atoms with van der Waals surface area (Å²) in [5, 5.41) is 8.70. The fourth-order valence-corrected chi connectivity index (χ4v) is 2.49. The monoisotopic (exact) mass is 362 g/mol. The van der Waals surface area contributed by atoms with Crippen molar-refractivity contribution in [3.8, 4) is 0 Å². The molecule has 0 aliphatic heterocycles. The molecule has 0 spiro atoms. The first-order chi connectivity index (χ1) is 13.1. The fourth-order valence-electron chi connectivity index (χ4n) is 2.49. The number of carbonyl (C=O) groups is 2. The Hall–Kier alpha value is -3.87. The predicted molar refractivity (Wildman–Crippen MR) is 106 cm³/mol. The van der Waals surface area contributed by atoms with Crippen molar-refractivity contribution >= 4 is 34.2 Å². The molecule has 3 rings (SSSR count). The minimum Gasteiger partial charge on any atom is -0.334 e. The third-order valence-electron chi connectivity index (χ3n) is 3.81. The van der Waals surface area contributed by atoms with Gasteiger partial charge in [0.05, 0.1) is 0 Å². The van der Waals surface area contributed by atoms with E-state index in [4.69, 9.17) is 0 Å². The van der Waals surface area contributed by atoms with E-state index in [2.05, 4.69) is 27.5 Å². The van der Waals surface area contributed by atoms with Crippen LogP contribution in [0.15, 0.2) is 72.0 Å². The van der Waals surface area contributed by atoms with Crippen LogP contribution in [0.1, 0.15) is 10.4 Å². The molecule has 0 radical (unpaired) electrons. The van der Waals surface area contributed by atoms with Gasteiger partial charge in [-0.15, -0.1) is 6.58 Å². The zero-order chi connectivity index (χ0) is 19.2. The summed E-state index contributed by atoms with van der Waals surface area (Å²) in [4.78, 5) is 38.9. The number of aromatic amines is 1. The van der Waals surface area contributed by atoms with Gasteiger partial charge in [-0.05, 0) is 41.8 Å². The number of amides is 3. The zero-order valence-electron chi connectivity index (χ0n) is 14.4. The van der Waals surface area contributed by atoms with Crippen molar-refractivity contribution in [2.75, 3.05) is 17.2 Å². The molecule has 7 heteroatoms. The second-order valence-corrected chi connectivity index (χ2v) is 5.75. The molecule has 4 N–H and O–H groups in total. The summed E-state index contributed by atoms with van der Waals surface area (Å²) in [6.07, 6.45) is 1.58. The summed E-state index contributed by atoms with van der Waals surface area (Å²) in [5.74, 6) is -0.508. The number of para-hydroxylation sites is 1. The number of aromatic nitrogens is 1. The van der Waals surface area contributed by atoms with Gasteiger partial charge in [0.15, 0.2) is 0 Å². The standard InChI is InChI=1S/C20H18N4O3/c1-2-11-21-20(27)23-15-9-7-14(8-10-15)22-18(25)16-12-13-5-3-4-6-17(13)24-19(16)26/h2-10,12H,1,11H2,(H,22,25)(H,24,26)(H2,21,23,27). The van der Waals surface area contributed by atoms with Gasteiger partial charge in [-0.3, -0.25) is 9.59 Å². The van der Waals surface area contributed by atoms with Crippen molar-refractivity contribution in [1.29, 1.82) is 0 Å². The third-order valence-corrected chi connectivity index (χ3v) is 3.81. The molecular weight excluding hydrogens is 344 g/mol. The van der Waals surface area contributed by atoms with E-state index in [0.717, 1.165) is 5.39 Å². The van der Waals surface area contributed by atoms with Crippen LogP contribution in [0.25, 0.3) is 10.9 Å². The highest BCUT2D eigenvalue weighted by atomic mass is 16.2. The van der Waals surface area contributed by atoms with Crippen LogP contribution in [-0.4, -0.2) is 23.5 Å². The van der Waals surface area contributed by atoms with E-state index in [1.807, 2.05) is 18.2 Å². The van der Waals surface area contributed by atoms with E-state index < -0.39 is 11.5 Å². The molecule has 0 unspecified atom stereocenters. The minimum absolute atomic E-state index is 0.0275. The van der Waals surface area contributed by atoms with Gasteiger partial charge in [0.2, 0.25) is 0 Å². The van der Waals surface area contributed by atoms with E-state index in [-0.39, 0.29) is 11.6 Å². The molecule has 7 nitrogen and oxygen atoms in total. The highest BCUT2D eigenvalue weighted by Gasteiger charge is 2.12. The summed E-state index contributed by atoms with van der Waals surface area (Å²) in [6.45, 7) is 3.88. The predicted octanol–water partition coefficient (Wildman–Crippen LogP) is 3.09. The van der Waals surface area contributed by atoms with Gasteiger partial charge in [0.25, 0.3) is 11.5 Å². The summed E-state index contributed by atoms with van der Waals surface area (Å²) >= 11 is 0. The fraction of sp³-hybridized carbons (Fsp3) is 0.0500. The van der Waals surface area contributed by atoms with Crippen LogP contribution in [0.2, 0.25) is 0 Å². The van der Waals surface area contributed by atoms with Gasteiger partial charge in [0.1, 0.15) is 5.56 Å². The summed E-state index contributed by atoms with van der Waals surface area (Å²) < 4.78 is 0. The molecule has 2 aromatic carbocycles. The second kappa shape index (κ2) is 8.01. The van der Waals surface area contributed by atoms with Crippen molar-refractivity contribution in [2.45, 2.75) is 0 Å². The van der Waals surface area contributed by atoms with Crippen molar-refractivity contribution in [1.82, 2.24) is 10.3 Å². The number of hydrogen-bond acceptors (Lipinski definition) is 3. The molecule has 0 atom stereocenters. The Balaban J connectivity index is 1.71. The molecule has 0 bridgehead atoms. The van der Waals surface area contributed by atoms with Crippen molar-refractivity contribution in [2.24, 2.45) is 0 Å². The molecule has 0 aliphatic carbocycles. The maximum atomic E-state index is 12.4. The molecule has 3 aromatic rings. The topological polar surface area (TPSA) is 103 Å². The van der Waals surface area contributed by atoms with E-state index in [0.29, 0.717) is 23.4 Å². The largest absolute Gasteiger partial charge is 0.334 e. The van der Waals surface area contributed by atoms with Crippen LogP contribution in [0.5, 0.6) is 0 Å². The lowest BCUT2D eigenvalue weighted by molar-refractivity contribution is 0.102. The highest BCUT2D eigenvalue weighted by molar-refractivity contribution is 6.05. The first-order valence-electron chi connectivity index (χ1n) is 8.26. The van der Waals surface area contributed by atoms with Crippen LogP contribution in [0.4, 0.5) is 16.2 Å². The van der Waals surface area contributed by atoms with Gasteiger partial charge in [-0.1, -0.05) is 24.3 Å². The Morgan fingerprint density at radius 1 is 1.00 bits per heavy atom. The van der Waals surface area contributed by atoms with Crippen LogP contribution in [0, 0.1) is 0 Å². The number of H-pyrrole nitrogens is 1. The summed E-state index contributed by atoms with van der Waals surface area (Å²) in [5.41, 5.74) is 1.31. The van der Waals surface area contributed by atoms with Crippen LogP contribution < -0.4 is 21.5 Å². The van der Waals surface area contributed by atoms with Crippen LogP contribution >= 0.6 is 0 Å². The molecule has 3 amide bonds. The molecule has 0 fully saturated rings. The molecule has 0 saturated carbocycles. The average molecular weight is 362 g/mol. The number of nitrogens with one attached hydrogen (secondary N) is 4. The first-order valence-corrected chi connectivity index (χ1v) is 8.26. The van der Waals surface area contributed by atoms with Gasteiger partial charge >= 0.3 is 6.03 Å². The van der Waals surface area contributed by atoms with Crippen molar-refractivity contribution < 1.29 is 9.59 Å². The zero-order valence-corrected chi connectivity index (χ0v) is 14.4. The quantitative estimate of drug-likeness (QED) is 0.524. The Labute approximate surface area is 155 Å². The third kappa shape index (κ3) is 4.40. The summed E-state index contributed by atoms with van der Waals surface area (Å²) in [6, 6.07) is 15.0. The molecule has 1 heterocycles. The van der Waals surface area contributed by atoms with Gasteiger partial charge in [0, 0.05) is 23.4 Å². The number of anilines is 2. The number of pyridine rings is 1. The van der Waals surface area contributed by atoms with Gasteiger partial charge < -0.3 is 20.9 Å². The lowest BCUT2D eigenvalue weighted by Crippen LogP contribution is -2.28. The lowest BCUT2D eigenvalue weighted by atomic mass is 10.1. The second-order valence-electron chi connectivity index (χ2n) is 5.75. The van der Waals surface area contributed by atoms with Crippen LogP contribution in [0.3, 0.4) is 0 Å². The molecule has 0 saturated heterocycles. The molecule has 1 aromatic heterocycles. The lowest BCUT2D eigenvalue weighted by Gasteiger charge is -2.08. The van der Waals surface area contributed by atoms with Gasteiger partial charge in [-0.2, -0.15) is 0 Å². The number of carbonyl (C=O) groups excluding carboxylic acids is 2. The summed E-state index contributed by atoms with van der Waals surface area (Å²) in [7, 11) is 0. The molecular formula is C20H18N4O3. The van der Waals surface area contributed by atoms with Crippen LogP contribution in [-0.2, 0) is 0 Å². The van der Waals surface area contributed by atoms with Crippen molar-refractivity contribution in [3.05, 3.63) is 83.2 Å². The Bertz CT molecular complexity index is 1050. The van der Waals surface area contributed by atoms with Crippen molar-refractivity contribution in [3.63, 3.8) is 0 Å². The smallest absolute Gasteiger partial charge is 0.319 e. The Morgan fingerprint density at radius 3 is 2.37 bits per heavy atom. The number of hydrogen-bond donors (Lipinski definition) is 4. The van der Waals surface area contributed by atoms with E-state index in [1.165, 1.54) is 0 Å². The van der Waals surface area contributed by atoms with E-state index >= 15 is 0 Å². The first kappa shape index (κ1) is 17.9. The highest BCUT2D eigenvalue weighted by Crippen LogP contribution is 2.15. The number of fused-ring (bicyclic) bond motifs is 1. The molecule has 27 heavy (non-hydrogen) atoms. The van der Waals surface area contributed by atoms with Gasteiger partial charge in [-0.25, -0.2) is 4.79 Å². The normalized spacial score (nSPS) is 10.2.